The number of esters is 1. The normalized spacial score (nSPS) is 22.8. The summed E-state index contributed by atoms with van der Waals surface area (Å²) in [5.74, 6) is -0.563. The van der Waals surface area contributed by atoms with E-state index in [1.165, 1.54) is 16.2 Å². The Hall–Kier alpha value is -2.47. The van der Waals surface area contributed by atoms with E-state index >= 15 is 0 Å². The van der Waals surface area contributed by atoms with Crippen LogP contribution in [-0.4, -0.2) is 17.8 Å². The number of thiophene rings is 1. The van der Waals surface area contributed by atoms with Gasteiger partial charge in [0.2, 0.25) is 11.8 Å². The molecular weight excluding hydrogens is 338 g/mol. The molecule has 6 heteroatoms. The average Bonchev–Trinajstić information content (AvgIpc) is 3.25. The maximum absolute atomic E-state index is 12.6. The molecule has 1 aromatic heterocycles. The van der Waals surface area contributed by atoms with Gasteiger partial charge in [0.1, 0.15) is 10.6 Å². The molecule has 0 spiro atoms. The van der Waals surface area contributed by atoms with Gasteiger partial charge in [-0.2, -0.15) is 0 Å². The zero-order chi connectivity index (χ0) is 17.4. The number of benzene rings is 1. The van der Waals surface area contributed by atoms with Crippen molar-refractivity contribution in [2.45, 2.75) is 25.7 Å². The Bertz CT molecular complexity index is 788. The fourth-order valence-corrected chi connectivity index (χ4v) is 4.23. The number of fused-ring (bicyclic) bond motifs is 1. The third kappa shape index (κ3) is 2.87. The number of ether oxygens (including phenoxy) is 1. The molecule has 0 unspecified atom stereocenters. The van der Waals surface area contributed by atoms with Crippen molar-refractivity contribution in [2.24, 2.45) is 11.8 Å². The molecule has 2 atom stereocenters. The van der Waals surface area contributed by atoms with Gasteiger partial charge in [0.15, 0.2) is 0 Å². The SMILES string of the molecule is O=C(Oc1ccc(N2C(=O)[C@@H]3CCCC[C@H]3C2=O)cc1)c1cccs1. The van der Waals surface area contributed by atoms with Crippen molar-refractivity contribution in [1.82, 2.24) is 0 Å². The summed E-state index contributed by atoms with van der Waals surface area (Å²) in [6.45, 7) is 0. The maximum atomic E-state index is 12.6. The first-order valence-electron chi connectivity index (χ1n) is 8.39. The third-order valence-corrected chi connectivity index (χ3v) is 5.72. The molecule has 1 saturated heterocycles. The molecule has 1 aromatic carbocycles. The van der Waals surface area contributed by atoms with Crippen molar-refractivity contribution >= 4 is 34.8 Å². The lowest BCUT2D eigenvalue weighted by molar-refractivity contribution is -0.122. The monoisotopic (exact) mass is 355 g/mol. The number of nitrogens with zero attached hydrogens (tertiary/aromatic N) is 1. The topological polar surface area (TPSA) is 63.7 Å². The number of rotatable bonds is 3. The van der Waals surface area contributed by atoms with Gasteiger partial charge < -0.3 is 4.74 Å². The van der Waals surface area contributed by atoms with E-state index in [1.807, 2.05) is 5.38 Å². The number of carbonyl (C=O) groups is 3. The lowest BCUT2D eigenvalue weighted by atomic mass is 9.81. The van der Waals surface area contributed by atoms with Gasteiger partial charge in [-0.1, -0.05) is 18.9 Å². The highest BCUT2D eigenvalue weighted by Gasteiger charge is 2.48. The summed E-state index contributed by atoms with van der Waals surface area (Å²) in [6, 6.07) is 10.0. The van der Waals surface area contributed by atoms with E-state index in [0.717, 1.165) is 25.7 Å². The van der Waals surface area contributed by atoms with Crippen LogP contribution in [-0.2, 0) is 9.59 Å². The minimum Gasteiger partial charge on any atom is -0.422 e. The van der Waals surface area contributed by atoms with Crippen LogP contribution in [0, 0.1) is 11.8 Å². The fourth-order valence-electron chi connectivity index (χ4n) is 3.63. The van der Waals surface area contributed by atoms with E-state index in [0.29, 0.717) is 16.3 Å². The summed E-state index contributed by atoms with van der Waals surface area (Å²) in [7, 11) is 0. The Balaban J connectivity index is 1.51. The molecule has 2 fully saturated rings. The van der Waals surface area contributed by atoms with Crippen LogP contribution in [0.25, 0.3) is 0 Å². The Morgan fingerprint density at radius 2 is 1.64 bits per heavy atom. The minimum atomic E-state index is -0.415. The molecule has 0 radical (unpaired) electrons. The quantitative estimate of drug-likeness (QED) is 0.479. The molecule has 1 aliphatic carbocycles. The van der Waals surface area contributed by atoms with E-state index in [2.05, 4.69) is 0 Å². The van der Waals surface area contributed by atoms with Gasteiger partial charge in [0, 0.05) is 0 Å². The lowest BCUT2D eigenvalue weighted by Gasteiger charge is -2.19. The summed E-state index contributed by atoms with van der Waals surface area (Å²) in [5, 5.41) is 1.81. The smallest absolute Gasteiger partial charge is 0.353 e. The molecule has 25 heavy (non-hydrogen) atoms. The first kappa shape index (κ1) is 16.0. The van der Waals surface area contributed by atoms with Gasteiger partial charge in [0.25, 0.3) is 0 Å². The standard InChI is InChI=1S/C19H17NO4S/c21-17-14-4-1-2-5-15(14)18(22)20(17)12-7-9-13(10-8-12)24-19(23)16-6-3-11-25-16/h3,6-11,14-15H,1-2,4-5H2/t14-,15-/m1/s1. The predicted molar refractivity (Wildman–Crippen MR) is 93.7 cm³/mol. The van der Waals surface area contributed by atoms with Crippen LogP contribution < -0.4 is 9.64 Å². The van der Waals surface area contributed by atoms with E-state index < -0.39 is 5.97 Å². The zero-order valence-corrected chi connectivity index (χ0v) is 14.3. The van der Waals surface area contributed by atoms with Crippen molar-refractivity contribution < 1.29 is 19.1 Å². The molecule has 1 aliphatic heterocycles. The molecule has 0 bridgehead atoms. The number of hydrogen-bond donors (Lipinski definition) is 0. The summed E-state index contributed by atoms with van der Waals surface area (Å²) in [6.07, 6.45) is 3.60. The van der Waals surface area contributed by atoms with Crippen molar-refractivity contribution in [3.05, 3.63) is 46.7 Å². The Labute approximate surface area is 149 Å². The molecule has 128 valence electrons. The van der Waals surface area contributed by atoms with Crippen LogP contribution in [0.5, 0.6) is 5.75 Å². The molecule has 1 saturated carbocycles. The molecule has 5 nitrogen and oxygen atoms in total. The van der Waals surface area contributed by atoms with Gasteiger partial charge in [-0.05, 0) is 48.6 Å². The van der Waals surface area contributed by atoms with E-state index in [1.54, 1.807) is 36.4 Å². The third-order valence-electron chi connectivity index (χ3n) is 4.87. The Morgan fingerprint density at radius 1 is 1.00 bits per heavy atom. The van der Waals surface area contributed by atoms with E-state index in [-0.39, 0.29) is 23.7 Å². The van der Waals surface area contributed by atoms with E-state index in [9.17, 15) is 14.4 Å². The minimum absolute atomic E-state index is 0.0990. The predicted octanol–water partition coefficient (Wildman–Crippen LogP) is 3.65. The molecule has 2 heterocycles. The van der Waals surface area contributed by atoms with Gasteiger partial charge in [-0.15, -0.1) is 11.3 Å². The lowest BCUT2D eigenvalue weighted by Crippen LogP contribution is -2.30. The van der Waals surface area contributed by atoms with Crippen LogP contribution in [0.1, 0.15) is 35.4 Å². The van der Waals surface area contributed by atoms with Crippen molar-refractivity contribution in [3.63, 3.8) is 0 Å². The van der Waals surface area contributed by atoms with Crippen molar-refractivity contribution in [1.29, 1.82) is 0 Å². The first-order chi connectivity index (χ1) is 12.1. The number of amides is 2. The number of anilines is 1. The van der Waals surface area contributed by atoms with Gasteiger partial charge in [-0.25, -0.2) is 4.79 Å². The van der Waals surface area contributed by atoms with Crippen LogP contribution in [0.3, 0.4) is 0 Å². The maximum Gasteiger partial charge on any atom is 0.353 e. The number of carbonyl (C=O) groups excluding carboxylic acids is 3. The number of hydrogen-bond acceptors (Lipinski definition) is 5. The number of imide groups is 1. The first-order valence-corrected chi connectivity index (χ1v) is 9.26. The largest absolute Gasteiger partial charge is 0.422 e. The molecule has 4 rings (SSSR count). The Morgan fingerprint density at radius 3 is 2.20 bits per heavy atom. The van der Waals surface area contributed by atoms with Crippen LogP contribution in [0.15, 0.2) is 41.8 Å². The highest BCUT2D eigenvalue weighted by Crippen LogP contribution is 2.40. The highest BCUT2D eigenvalue weighted by molar-refractivity contribution is 7.12. The van der Waals surface area contributed by atoms with Crippen LogP contribution in [0.4, 0.5) is 5.69 Å². The average molecular weight is 355 g/mol. The highest BCUT2D eigenvalue weighted by atomic mass is 32.1. The second kappa shape index (κ2) is 6.44. The summed E-state index contributed by atoms with van der Waals surface area (Å²) in [4.78, 5) is 39.0. The van der Waals surface area contributed by atoms with Gasteiger partial charge in [-0.3, -0.25) is 14.5 Å². The second-order valence-corrected chi connectivity index (χ2v) is 7.32. The summed E-state index contributed by atoms with van der Waals surface area (Å²) in [5.41, 5.74) is 0.542. The fraction of sp³-hybridized carbons (Fsp3) is 0.316. The molecular formula is C19H17NO4S. The molecule has 2 aliphatic rings. The zero-order valence-electron chi connectivity index (χ0n) is 13.5. The summed E-state index contributed by atoms with van der Waals surface area (Å²) >= 11 is 1.31. The summed E-state index contributed by atoms with van der Waals surface area (Å²) < 4.78 is 5.31. The van der Waals surface area contributed by atoms with Gasteiger partial charge >= 0.3 is 5.97 Å². The van der Waals surface area contributed by atoms with Crippen molar-refractivity contribution in [2.75, 3.05) is 4.90 Å². The van der Waals surface area contributed by atoms with Crippen LogP contribution in [0.2, 0.25) is 0 Å². The molecule has 0 N–H and O–H groups in total. The van der Waals surface area contributed by atoms with E-state index in [4.69, 9.17) is 4.74 Å². The van der Waals surface area contributed by atoms with Crippen LogP contribution >= 0.6 is 11.3 Å². The van der Waals surface area contributed by atoms with Crippen molar-refractivity contribution in [3.8, 4) is 5.75 Å². The molecule has 2 amide bonds. The Kier molecular flexibility index (Phi) is 4.13. The van der Waals surface area contributed by atoms with Gasteiger partial charge in [0.05, 0.1) is 17.5 Å². The second-order valence-electron chi connectivity index (χ2n) is 6.37. The molecule has 2 aromatic rings.